The first-order valence-electron chi connectivity index (χ1n) is 9.11. The van der Waals surface area contributed by atoms with Gasteiger partial charge < -0.3 is 10.6 Å². The predicted molar refractivity (Wildman–Crippen MR) is 100.0 cm³/mol. The van der Waals surface area contributed by atoms with Crippen LogP contribution in [0.1, 0.15) is 38.2 Å². The van der Waals surface area contributed by atoms with E-state index in [1.165, 1.54) is 16.3 Å². The van der Waals surface area contributed by atoms with Gasteiger partial charge in [0, 0.05) is 13.0 Å². The number of carbonyl (C=O) groups is 2. The van der Waals surface area contributed by atoms with Crippen LogP contribution in [0.3, 0.4) is 0 Å². The number of hydrogen-bond donors (Lipinski definition) is 1. The second-order valence-corrected chi connectivity index (χ2v) is 7.17. The number of nitrogens with two attached hydrogens (primary N) is 1. The molecule has 2 atom stereocenters. The van der Waals surface area contributed by atoms with Gasteiger partial charge in [-0.25, -0.2) is 0 Å². The number of carbonyl (C=O) groups excluding carboxylic acids is 2. The first-order chi connectivity index (χ1) is 12.0. The molecule has 0 spiro atoms. The summed E-state index contributed by atoms with van der Waals surface area (Å²) in [5.41, 5.74) is 6.74. The number of benzene rings is 2. The normalized spacial score (nSPS) is 20.6. The van der Waals surface area contributed by atoms with E-state index in [1.807, 2.05) is 12.1 Å². The Kier molecular flexibility index (Phi) is 5.37. The zero-order valence-electron chi connectivity index (χ0n) is 14.8. The second-order valence-electron chi connectivity index (χ2n) is 7.17. The molecule has 4 heteroatoms. The molecule has 0 unspecified atom stereocenters. The van der Waals surface area contributed by atoms with E-state index in [0.29, 0.717) is 25.3 Å². The van der Waals surface area contributed by atoms with Crippen molar-refractivity contribution in [1.29, 1.82) is 0 Å². The van der Waals surface area contributed by atoms with E-state index >= 15 is 0 Å². The van der Waals surface area contributed by atoms with Gasteiger partial charge in [-0.1, -0.05) is 49.4 Å². The highest BCUT2D eigenvalue weighted by molar-refractivity contribution is 5.87. The summed E-state index contributed by atoms with van der Waals surface area (Å²) in [5.74, 6) is 0.116. The Hall–Kier alpha value is -2.36. The van der Waals surface area contributed by atoms with E-state index in [-0.39, 0.29) is 11.8 Å². The van der Waals surface area contributed by atoms with Crippen LogP contribution < -0.4 is 5.73 Å². The summed E-state index contributed by atoms with van der Waals surface area (Å²) in [7, 11) is 0. The Morgan fingerprint density at radius 1 is 1.16 bits per heavy atom. The summed E-state index contributed by atoms with van der Waals surface area (Å²) in [6.07, 6.45) is 3.74. The topological polar surface area (TPSA) is 63.4 Å². The van der Waals surface area contributed by atoms with Crippen LogP contribution >= 0.6 is 0 Å². The number of likely N-dealkylation sites (tertiary alicyclic amines) is 1. The molecule has 1 aliphatic heterocycles. The molecule has 0 bridgehead atoms. The van der Waals surface area contributed by atoms with Crippen LogP contribution in [-0.4, -0.2) is 29.3 Å². The van der Waals surface area contributed by atoms with Crippen molar-refractivity contribution >= 4 is 22.6 Å². The van der Waals surface area contributed by atoms with Gasteiger partial charge in [0.15, 0.2) is 0 Å². The van der Waals surface area contributed by atoms with E-state index in [9.17, 15) is 9.59 Å². The van der Waals surface area contributed by atoms with Crippen molar-refractivity contribution in [2.75, 3.05) is 6.54 Å². The van der Waals surface area contributed by atoms with Gasteiger partial charge in [0.2, 0.25) is 11.8 Å². The number of rotatable bonds is 5. The minimum atomic E-state index is -0.433. The lowest BCUT2D eigenvalue weighted by Gasteiger charge is -2.36. The number of amides is 2. The molecule has 0 radical (unpaired) electrons. The molecular weight excluding hydrogens is 312 g/mol. The minimum Gasteiger partial charge on any atom is -0.368 e. The third-order valence-corrected chi connectivity index (χ3v) is 5.18. The third-order valence-electron chi connectivity index (χ3n) is 5.18. The summed E-state index contributed by atoms with van der Waals surface area (Å²) in [5, 5.41) is 2.46. The Morgan fingerprint density at radius 2 is 1.92 bits per heavy atom. The van der Waals surface area contributed by atoms with Gasteiger partial charge in [-0.2, -0.15) is 0 Å². The van der Waals surface area contributed by atoms with Crippen molar-refractivity contribution in [3.8, 4) is 0 Å². The smallest absolute Gasteiger partial charge is 0.240 e. The summed E-state index contributed by atoms with van der Waals surface area (Å²) in [6.45, 7) is 2.75. The number of hydrogen-bond acceptors (Lipinski definition) is 2. The van der Waals surface area contributed by atoms with Crippen LogP contribution in [0.15, 0.2) is 42.5 Å². The van der Waals surface area contributed by atoms with E-state index in [0.717, 1.165) is 19.3 Å². The highest BCUT2D eigenvalue weighted by atomic mass is 16.2. The van der Waals surface area contributed by atoms with Gasteiger partial charge in [0.1, 0.15) is 6.04 Å². The molecular formula is C21H26N2O2. The lowest BCUT2D eigenvalue weighted by Crippen LogP contribution is -2.52. The maximum absolute atomic E-state index is 12.5. The molecule has 3 rings (SSSR count). The van der Waals surface area contributed by atoms with Gasteiger partial charge >= 0.3 is 0 Å². The number of fused-ring (bicyclic) bond motifs is 1. The average Bonchev–Trinajstić information content (AvgIpc) is 2.61. The molecule has 0 aliphatic carbocycles. The molecule has 2 aromatic carbocycles. The maximum Gasteiger partial charge on any atom is 0.240 e. The lowest BCUT2D eigenvalue weighted by atomic mass is 9.91. The molecule has 2 aromatic rings. The van der Waals surface area contributed by atoms with Crippen LogP contribution in [0.4, 0.5) is 0 Å². The van der Waals surface area contributed by atoms with E-state index in [4.69, 9.17) is 5.73 Å². The Morgan fingerprint density at radius 3 is 2.68 bits per heavy atom. The molecule has 2 N–H and O–H groups in total. The summed E-state index contributed by atoms with van der Waals surface area (Å²) >= 11 is 0. The third kappa shape index (κ3) is 4.19. The highest BCUT2D eigenvalue weighted by Crippen LogP contribution is 2.24. The van der Waals surface area contributed by atoms with E-state index < -0.39 is 6.04 Å². The Balaban J connectivity index is 1.57. The van der Waals surface area contributed by atoms with Crippen molar-refractivity contribution in [3.63, 3.8) is 0 Å². The standard InChI is InChI=1S/C21H26N2O2/c1-15-11-12-23(19(13-15)21(22)25)20(24)8-4-5-16-9-10-17-6-2-3-7-18(17)14-16/h2-3,6-7,9-10,14-15,19H,4-5,8,11-13H2,1H3,(H2,22,25)/t15-,19+/m1/s1. The van der Waals surface area contributed by atoms with Crippen molar-refractivity contribution in [2.45, 2.75) is 45.1 Å². The van der Waals surface area contributed by atoms with Crippen LogP contribution in [-0.2, 0) is 16.0 Å². The zero-order valence-corrected chi connectivity index (χ0v) is 14.8. The number of piperidine rings is 1. The molecule has 2 amide bonds. The SMILES string of the molecule is C[C@@H]1CCN(C(=O)CCCc2ccc3ccccc3c2)[C@H](C(N)=O)C1. The van der Waals surface area contributed by atoms with Crippen molar-refractivity contribution in [3.05, 3.63) is 48.0 Å². The maximum atomic E-state index is 12.5. The van der Waals surface area contributed by atoms with Crippen molar-refractivity contribution < 1.29 is 9.59 Å². The van der Waals surface area contributed by atoms with Gasteiger partial charge in [-0.15, -0.1) is 0 Å². The molecule has 0 saturated carbocycles. The number of primary amides is 1. The molecule has 4 nitrogen and oxygen atoms in total. The van der Waals surface area contributed by atoms with Crippen LogP contribution in [0.2, 0.25) is 0 Å². The van der Waals surface area contributed by atoms with Gasteiger partial charge in [-0.05, 0) is 47.9 Å². The molecule has 25 heavy (non-hydrogen) atoms. The average molecular weight is 338 g/mol. The minimum absolute atomic E-state index is 0.0523. The highest BCUT2D eigenvalue weighted by Gasteiger charge is 2.32. The van der Waals surface area contributed by atoms with Gasteiger partial charge in [0.25, 0.3) is 0 Å². The molecule has 1 fully saturated rings. The Bertz CT molecular complexity index is 771. The molecule has 1 aliphatic rings. The van der Waals surface area contributed by atoms with Crippen molar-refractivity contribution in [2.24, 2.45) is 11.7 Å². The van der Waals surface area contributed by atoms with Crippen molar-refractivity contribution in [1.82, 2.24) is 4.90 Å². The van der Waals surface area contributed by atoms with E-state index in [2.05, 4.69) is 37.3 Å². The first kappa shape index (κ1) is 17.5. The predicted octanol–water partition coefficient (Wildman–Crippen LogP) is 3.27. The summed E-state index contributed by atoms with van der Waals surface area (Å²) in [4.78, 5) is 25.9. The van der Waals surface area contributed by atoms with E-state index in [1.54, 1.807) is 4.90 Å². The van der Waals surface area contributed by atoms with Crippen LogP contribution in [0.5, 0.6) is 0 Å². The summed E-state index contributed by atoms with van der Waals surface area (Å²) in [6, 6.07) is 14.3. The summed E-state index contributed by atoms with van der Waals surface area (Å²) < 4.78 is 0. The first-order valence-corrected chi connectivity index (χ1v) is 9.11. The molecule has 1 heterocycles. The van der Waals surface area contributed by atoms with Crippen LogP contribution in [0, 0.1) is 5.92 Å². The Labute approximate surface area is 149 Å². The zero-order chi connectivity index (χ0) is 17.8. The monoisotopic (exact) mass is 338 g/mol. The fraction of sp³-hybridized carbons (Fsp3) is 0.429. The fourth-order valence-electron chi connectivity index (χ4n) is 3.69. The number of aryl methyl sites for hydroxylation is 1. The van der Waals surface area contributed by atoms with Gasteiger partial charge in [0.05, 0.1) is 0 Å². The molecule has 0 aromatic heterocycles. The van der Waals surface area contributed by atoms with Crippen LogP contribution in [0.25, 0.3) is 10.8 Å². The number of nitrogens with zero attached hydrogens (tertiary/aromatic N) is 1. The second kappa shape index (κ2) is 7.68. The quantitative estimate of drug-likeness (QED) is 0.909. The molecule has 1 saturated heterocycles. The molecule has 132 valence electrons. The van der Waals surface area contributed by atoms with Gasteiger partial charge in [-0.3, -0.25) is 9.59 Å². The lowest BCUT2D eigenvalue weighted by molar-refractivity contribution is -0.142. The largest absolute Gasteiger partial charge is 0.368 e. The fourth-order valence-corrected chi connectivity index (χ4v) is 3.69.